The lowest BCUT2D eigenvalue weighted by Crippen LogP contribution is -2.37. The van der Waals surface area contributed by atoms with Crippen molar-refractivity contribution in [3.63, 3.8) is 0 Å². The summed E-state index contributed by atoms with van der Waals surface area (Å²) in [5.74, 6) is 4.75. The minimum atomic E-state index is -0.0700. The third-order valence-electron chi connectivity index (χ3n) is 3.54. The van der Waals surface area contributed by atoms with Gasteiger partial charge in [0.25, 0.3) is 0 Å². The van der Waals surface area contributed by atoms with Crippen molar-refractivity contribution in [2.45, 2.75) is 38.6 Å². The number of carbonyl (C=O) groups is 1. The highest BCUT2D eigenvalue weighted by atomic mass is 16.1. The molecule has 0 saturated heterocycles. The van der Waals surface area contributed by atoms with Crippen LogP contribution in [0, 0.1) is 30.1 Å². The minimum Gasteiger partial charge on any atom is -0.342 e. The first-order valence-corrected chi connectivity index (χ1v) is 5.51. The molecule has 0 spiro atoms. The molecule has 2 rings (SSSR count). The molecule has 3 unspecified atom stereocenters. The summed E-state index contributed by atoms with van der Waals surface area (Å²) >= 11 is 0. The van der Waals surface area contributed by atoms with Crippen molar-refractivity contribution in [1.82, 2.24) is 5.32 Å². The molecule has 14 heavy (non-hydrogen) atoms. The summed E-state index contributed by atoms with van der Waals surface area (Å²) < 4.78 is 0. The number of nitrogens with one attached hydrogen (secondary N) is 1. The van der Waals surface area contributed by atoms with Crippen LogP contribution in [0.15, 0.2) is 0 Å². The van der Waals surface area contributed by atoms with E-state index in [4.69, 9.17) is 6.42 Å². The Labute approximate surface area is 85.5 Å². The molecule has 0 heterocycles. The average molecular weight is 191 g/mol. The average Bonchev–Trinajstić information content (AvgIpc) is 2.82. The van der Waals surface area contributed by atoms with Crippen molar-refractivity contribution in [2.24, 2.45) is 17.8 Å². The maximum Gasteiger partial charge on any atom is 0.224 e. The fourth-order valence-corrected chi connectivity index (χ4v) is 2.48. The molecule has 1 amide bonds. The first kappa shape index (κ1) is 9.58. The molecule has 0 aromatic carbocycles. The Bertz CT molecular complexity index is 269. The Kier molecular flexibility index (Phi) is 2.50. The molecule has 0 bridgehead atoms. The number of carbonyl (C=O) groups excluding carboxylic acids is 1. The highest BCUT2D eigenvalue weighted by Gasteiger charge is 2.48. The van der Waals surface area contributed by atoms with Crippen molar-refractivity contribution in [2.75, 3.05) is 0 Å². The SMILES string of the molecule is C#CC(CC)NC(=O)C1CC2CC2C1. The Hall–Kier alpha value is -0.970. The first-order chi connectivity index (χ1) is 6.74. The van der Waals surface area contributed by atoms with E-state index in [1.165, 1.54) is 6.42 Å². The van der Waals surface area contributed by atoms with Gasteiger partial charge in [-0.25, -0.2) is 0 Å². The van der Waals surface area contributed by atoms with Gasteiger partial charge in [0, 0.05) is 5.92 Å². The van der Waals surface area contributed by atoms with Gasteiger partial charge in [0.15, 0.2) is 0 Å². The molecule has 0 aromatic heterocycles. The summed E-state index contributed by atoms with van der Waals surface area (Å²) in [5.41, 5.74) is 0. The van der Waals surface area contributed by atoms with Crippen LogP contribution in [0.2, 0.25) is 0 Å². The highest BCUT2D eigenvalue weighted by molar-refractivity contribution is 5.79. The Morgan fingerprint density at radius 2 is 2.14 bits per heavy atom. The van der Waals surface area contributed by atoms with E-state index in [2.05, 4.69) is 11.2 Å². The lowest BCUT2D eigenvalue weighted by atomic mass is 10.0. The summed E-state index contributed by atoms with van der Waals surface area (Å²) in [4.78, 5) is 11.7. The van der Waals surface area contributed by atoms with Crippen molar-refractivity contribution in [3.05, 3.63) is 0 Å². The van der Waals surface area contributed by atoms with Gasteiger partial charge in [-0.05, 0) is 37.5 Å². The van der Waals surface area contributed by atoms with Crippen LogP contribution in [-0.4, -0.2) is 11.9 Å². The van der Waals surface area contributed by atoms with E-state index < -0.39 is 0 Å². The van der Waals surface area contributed by atoms with Gasteiger partial charge in [-0.1, -0.05) is 12.8 Å². The second kappa shape index (κ2) is 3.65. The summed E-state index contributed by atoms with van der Waals surface area (Å²) in [6.07, 6.45) is 9.67. The van der Waals surface area contributed by atoms with E-state index in [1.807, 2.05) is 6.92 Å². The molecule has 2 saturated carbocycles. The zero-order valence-corrected chi connectivity index (χ0v) is 8.62. The number of amides is 1. The molecule has 0 aliphatic heterocycles. The van der Waals surface area contributed by atoms with Crippen LogP contribution >= 0.6 is 0 Å². The Morgan fingerprint density at radius 1 is 1.50 bits per heavy atom. The molecular formula is C12H17NO. The van der Waals surface area contributed by atoms with Crippen LogP contribution in [0.1, 0.15) is 32.6 Å². The molecule has 2 fully saturated rings. The van der Waals surface area contributed by atoms with E-state index in [9.17, 15) is 4.79 Å². The third-order valence-corrected chi connectivity index (χ3v) is 3.54. The Balaban J connectivity index is 1.81. The molecular weight excluding hydrogens is 174 g/mol. The maximum atomic E-state index is 11.7. The van der Waals surface area contributed by atoms with E-state index in [-0.39, 0.29) is 17.9 Å². The third kappa shape index (κ3) is 1.77. The predicted molar refractivity (Wildman–Crippen MR) is 55.4 cm³/mol. The van der Waals surface area contributed by atoms with Gasteiger partial charge < -0.3 is 5.32 Å². The molecule has 2 aliphatic rings. The number of hydrogen-bond donors (Lipinski definition) is 1. The molecule has 1 N–H and O–H groups in total. The molecule has 2 aliphatic carbocycles. The quantitative estimate of drug-likeness (QED) is 0.674. The van der Waals surface area contributed by atoms with Crippen LogP contribution < -0.4 is 5.32 Å². The zero-order chi connectivity index (χ0) is 10.1. The van der Waals surface area contributed by atoms with Crippen LogP contribution in [0.3, 0.4) is 0 Å². The number of hydrogen-bond acceptors (Lipinski definition) is 1. The zero-order valence-electron chi connectivity index (χ0n) is 8.62. The monoisotopic (exact) mass is 191 g/mol. The van der Waals surface area contributed by atoms with E-state index in [0.717, 1.165) is 31.1 Å². The van der Waals surface area contributed by atoms with E-state index >= 15 is 0 Å². The van der Waals surface area contributed by atoms with Gasteiger partial charge in [-0.2, -0.15) is 0 Å². The second-order valence-corrected chi connectivity index (χ2v) is 4.56. The largest absolute Gasteiger partial charge is 0.342 e. The van der Waals surface area contributed by atoms with Crippen LogP contribution in [0.4, 0.5) is 0 Å². The topological polar surface area (TPSA) is 29.1 Å². The molecule has 0 aromatic rings. The second-order valence-electron chi connectivity index (χ2n) is 4.56. The summed E-state index contributed by atoms with van der Waals surface area (Å²) in [6.45, 7) is 2.00. The van der Waals surface area contributed by atoms with Crippen LogP contribution in [0.25, 0.3) is 0 Å². The van der Waals surface area contributed by atoms with Gasteiger partial charge in [0.1, 0.15) is 0 Å². The molecule has 0 radical (unpaired) electrons. The van der Waals surface area contributed by atoms with E-state index in [0.29, 0.717) is 0 Å². The van der Waals surface area contributed by atoms with Gasteiger partial charge in [-0.3, -0.25) is 4.79 Å². The van der Waals surface area contributed by atoms with Gasteiger partial charge in [0.05, 0.1) is 6.04 Å². The van der Waals surface area contributed by atoms with Gasteiger partial charge in [-0.15, -0.1) is 6.42 Å². The van der Waals surface area contributed by atoms with Crippen LogP contribution in [0.5, 0.6) is 0 Å². The lowest BCUT2D eigenvalue weighted by molar-refractivity contribution is -0.125. The highest BCUT2D eigenvalue weighted by Crippen LogP contribution is 2.54. The number of fused-ring (bicyclic) bond motifs is 1. The van der Waals surface area contributed by atoms with Crippen molar-refractivity contribution in [1.29, 1.82) is 0 Å². The van der Waals surface area contributed by atoms with Gasteiger partial charge in [0.2, 0.25) is 5.91 Å². The molecule has 2 heteroatoms. The minimum absolute atomic E-state index is 0.0700. The van der Waals surface area contributed by atoms with E-state index in [1.54, 1.807) is 0 Å². The molecule has 76 valence electrons. The smallest absolute Gasteiger partial charge is 0.224 e. The fraction of sp³-hybridized carbons (Fsp3) is 0.750. The summed E-state index contributed by atoms with van der Waals surface area (Å²) in [5, 5.41) is 2.92. The first-order valence-electron chi connectivity index (χ1n) is 5.51. The maximum absolute atomic E-state index is 11.7. The summed E-state index contributed by atoms with van der Waals surface area (Å²) in [6, 6.07) is -0.0700. The lowest BCUT2D eigenvalue weighted by Gasteiger charge is -2.15. The predicted octanol–water partition coefficient (Wildman–Crippen LogP) is 1.56. The Morgan fingerprint density at radius 3 is 2.64 bits per heavy atom. The van der Waals surface area contributed by atoms with Crippen LogP contribution in [-0.2, 0) is 4.79 Å². The number of rotatable bonds is 3. The van der Waals surface area contributed by atoms with Crippen molar-refractivity contribution in [3.8, 4) is 12.3 Å². The van der Waals surface area contributed by atoms with Gasteiger partial charge >= 0.3 is 0 Å². The standard InChI is InChI=1S/C12H17NO/c1-3-11(4-2)13-12(14)10-6-8-5-9(8)7-10/h1,8-11H,4-7H2,2H3,(H,13,14). The summed E-state index contributed by atoms with van der Waals surface area (Å²) in [7, 11) is 0. The van der Waals surface area contributed by atoms with Crippen molar-refractivity contribution < 1.29 is 4.79 Å². The normalized spacial score (nSPS) is 35.6. The molecule has 3 atom stereocenters. The molecule has 2 nitrogen and oxygen atoms in total. The van der Waals surface area contributed by atoms with Crippen molar-refractivity contribution >= 4 is 5.91 Å². The number of terminal acetylenes is 1. The fourth-order valence-electron chi connectivity index (χ4n) is 2.48.